The third-order valence-corrected chi connectivity index (χ3v) is 6.30. The molecule has 0 unspecified atom stereocenters. The Labute approximate surface area is 201 Å². The highest BCUT2D eigenvalue weighted by atomic mass is 35.5. The van der Waals surface area contributed by atoms with Crippen molar-refractivity contribution < 1.29 is 14.3 Å². The van der Waals surface area contributed by atoms with Gasteiger partial charge in [0.05, 0.1) is 23.5 Å². The molecule has 2 aromatic rings. The number of anilines is 3. The van der Waals surface area contributed by atoms with Gasteiger partial charge in [0.2, 0.25) is 0 Å². The van der Waals surface area contributed by atoms with E-state index in [1.165, 1.54) is 19.2 Å². The normalized spacial score (nSPS) is 15.9. The fraction of sp³-hybridized carbons (Fsp3) is 0.429. The molecular formula is C21H27ClFN7O2S. The largest absolute Gasteiger partial charge is 0.395 e. The zero-order valence-corrected chi connectivity index (χ0v) is 20.3. The molecule has 1 saturated heterocycles. The molecule has 0 radical (unpaired) electrons. The molecule has 33 heavy (non-hydrogen) atoms. The number of halogens is 2. The van der Waals surface area contributed by atoms with Gasteiger partial charge in [-0.3, -0.25) is 9.69 Å². The molecule has 1 fully saturated rings. The number of β-amino-alcohol motifs (C(OH)–C–C–N with tert-alkyl or cyclic N) is 1. The molecule has 0 aliphatic carbocycles. The van der Waals surface area contributed by atoms with E-state index in [-0.39, 0.29) is 17.3 Å². The summed E-state index contributed by atoms with van der Waals surface area (Å²) in [7, 11) is 0. The van der Waals surface area contributed by atoms with Crippen molar-refractivity contribution in [2.24, 2.45) is 0 Å². The Bertz CT molecular complexity index is 1050. The second-order valence-corrected chi connectivity index (χ2v) is 8.80. The van der Waals surface area contributed by atoms with Gasteiger partial charge >= 0.3 is 0 Å². The van der Waals surface area contributed by atoms with Crippen molar-refractivity contribution in [3.63, 3.8) is 0 Å². The fourth-order valence-corrected chi connectivity index (χ4v) is 4.19. The van der Waals surface area contributed by atoms with E-state index in [2.05, 4.69) is 35.4 Å². The smallest absolute Gasteiger partial charge is 0.267 e. The lowest BCUT2D eigenvalue weighted by Gasteiger charge is -2.35. The maximum Gasteiger partial charge on any atom is 0.267 e. The lowest BCUT2D eigenvalue weighted by Crippen LogP contribution is -2.47. The van der Waals surface area contributed by atoms with Crippen molar-refractivity contribution in [1.82, 2.24) is 25.2 Å². The SMILES string of the molecule is C/C=C(Cl)\C(NC(=O)c1cnc(Nc2cc(N3CCN(CCO)CC3)nc(C)n2)s1)=C(/C)F. The van der Waals surface area contributed by atoms with Crippen LogP contribution in [0.15, 0.2) is 34.9 Å². The topological polar surface area (TPSA) is 107 Å². The zero-order chi connectivity index (χ0) is 24.0. The second kappa shape index (κ2) is 11.5. The Balaban J connectivity index is 1.69. The van der Waals surface area contributed by atoms with E-state index < -0.39 is 11.7 Å². The molecule has 1 amide bonds. The van der Waals surface area contributed by atoms with E-state index in [0.29, 0.717) is 28.2 Å². The third-order valence-electron chi connectivity index (χ3n) is 4.98. The Morgan fingerprint density at radius 3 is 2.70 bits per heavy atom. The Hall–Kier alpha value is -2.60. The van der Waals surface area contributed by atoms with Crippen molar-refractivity contribution in [2.75, 3.05) is 49.5 Å². The molecule has 1 aliphatic heterocycles. The maximum atomic E-state index is 13.7. The van der Waals surface area contributed by atoms with Crippen LogP contribution in [0.4, 0.5) is 21.2 Å². The molecule has 3 N–H and O–H groups in total. The van der Waals surface area contributed by atoms with Crippen LogP contribution in [0, 0.1) is 6.92 Å². The highest BCUT2D eigenvalue weighted by Crippen LogP contribution is 2.25. The third kappa shape index (κ3) is 6.70. The van der Waals surface area contributed by atoms with E-state index in [4.69, 9.17) is 16.7 Å². The number of nitrogens with one attached hydrogen (secondary N) is 2. The van der Waals surface area contributed by atoms with Crippen LogP contribution in [-0.2, 0) is 0 Å². The summed E-state index contributed by atoms with van der Waals surface area (Å²) in [6, 6.07) is 1.84. The summed E-state index contributed by atoms with van der Waals surface area (Å²) in [4.78, 5) is 30.4. The van der Waals surface area contributed by atoms with Crippen molar-refractivity contribution in [2.45, 2.75) is 20.8 Å². The molecular weight excluding hydrogens is 469 g/mol. The molecule has 1 aliphatic rings. The molecule has 12 heteroatoms. The first-order chi connectivity index (χ1) is 15.8. The zero-order valence-electron chi connectivity index (χ0n) is 18.7. The van der Waals surface area contributed by atoms with Crippen molar-refractivity contribution in [1.29, 1.82) is 0 Å². The number of allylic oxidation sites excluding steroid dienone is 3. The maximum absolute atomic E-state index is 13.7. The quantitative estimate of drug-likeness (QED) is 0.479. The first-order valence-corrected chi connectivity index (χ1v) is 11.7. The van der Waals surface area contributed by atoms with Gasteiger partial charge in [-0.25, -0.2) is 19.3 Å². The number of rotatable bonds is 8. The van der Waals surface area contributed by atoms with E-state index >= 15 is 0 Å². The van der Waals surface area contributed by atoms with Crippen LogP contribution in [0.1, 0.15) is 29.3 Å². The van der Waals surface area contributed by atoms with E-state index in [1.54, 1.807) is 6.92 Å². The van der Waals surface area contributed by atoms with Crippen LogP contribution in [0.5, 0.6) is 0 Å². The molecule has 0 aromatic carbocycles. The summed E-state index contributed by atoms with van der Waals surface area (Å²) >= 11 is 7.10. The van der Waals surface area contributed by atoms with Gasteiger partial charge in [-0.05, 0) is 20.8 Å². The summed E-state index contributed by atoms with van der Waals surface area (Å²) in [5.74, 6) is 0.881. The molecule has 2 aromatic heterocycles. The highest BCUT2D eigenvalue weighted by molar-refractivity contribution is 7.17. The van der Waals surface area contributed by atoms with Crippen LogP contribution in [0.25, 0.3) is 0 Å². The van der Waals surface area contributed by atoms with E-state index in [9.17, 15) is 9.18 Å². The van der Waals surface area contributed by atoms with Crippen LogP contribution >= 0.6 is 22.9 Å². The lowest BCUT2D eigenvalue weighted by molar-refractivity contribution is 0.0969. The van der Waals surface area contributed by atoms with E-state index in [1.807, 2.05) is 13.0 Å². The number of aliphatic hydroxyl groups excluding tert-OH is 1. The first kappa shape index (κ1) is 25.0. The molecule has 178 valence electrons. The van der Waals surface area contributed by atoms with Gasteiger partial charge in [-0.15, -0.1) is 0 Å². The van der Waals surface area contributed by atoms with Crippen molar-refractivity contribution in [3.8, 4) is 0 Å². The number of aliphatic hydroxyl groups is 1. The monoisotopic (exact) mass is 495 g/mol. The highest BCUT2D eigenvalue weighted by Gasteiger charge is 2.19. The Morgan fingerprint density at radius 1 is 1.33 bits per heavy atom. The first-order valence-electron chi connectivity index (χ1n) is 10.5. The number of carbonyl (C=O) groups is 1. The average molecular weight is 496 g/mol. The minimum atomic E-state index is -0.588. The number of hydrogen-bond donors (Lipinski definition) is 3. The molecule has 3 heterocycles. The number of aromatic nitrogens is 3. The number of nitrogens with zero attached hydrogens (tertiary/aromatic N) is 5. The van der Waals surface area contributed by atoms with E-state index in [0.717, 1.165) is 43.3 Å². The van der Waals surface area contributed by atoms with Crippen molar-refractivity contribution in [3.05, 3.63) is 45.6 Å². The molecule has 9 nitrogen and oxygen atoms in total. The number of hydrogen-bond acceptors (Lipinski definition) is 9. The van der Waals surface area contributed by atoms with Gasteiger partial charge < -0.3 is 20.6 Å². The number of piperazine rings is 1. The summed E-state index contributed by atoms with van der Waals surface area (Å²) in [5, 5.41) is 15.3. The predicted octanol–water partition coefficient (Wildman–Crippen LogP) is 3.17. The van der Waals surface area contributed by atoms with Crippen LogP contribution < -0.4 is 15.5 Å². The molecule has 0 atom stereocenters. The van der Waals surface area contributed by atoms with Gasteiger partial charge in [0.1, 0.15) is 28.2 Å². The number of thiazole rings is 1. The molecule has 0 bridgehead atoms. The molecule has 0 spiro atoms. The standard InChI is InChI=1S/C21H27ClFN7O2S/c1-4-15(22)19(13(2)23)28-20(32)16-12-24-21(33-16)27-17-11-18(26-14(3)25-17)30-7-5-29(6-8-30)9-10-31/h4,11-12,31H,5-10H2,1-3H3,(H,28,32)(H,24,25,26,27)/b15-4+,19-13-. The molecule has 3 rings (SSSR count). The minimum Gasteiger partial charge on any atom is -0.395 e. The predicted molar refractivity (Wildman–Crippen MR) is 129 cm³/mol. The summed E-state index contributed by atoms with van der Waals surface area (Å²) in [6.45, 7) is 8.82. The number of carbonyl (C=O) groups excluding carboxylic acids is 1. The minimum absolute atomic E-state index is 0.0674. The van der Waals surface area contributed by atoms with Gasteiger partial charge in [-0.1, -0.05) is 29.0 Å². The second-order valence-electron chi connectivity index (χ2n) is 7.36. The van der Waals surface area contributed by atoms with Gasteiger partial charge in [0, 0.05) is 38.8 Å². The number of amides is 1. The molecule has 0 saturated carbocycles. The Morgan fingerprint density at radius 2 is 2.06 bits per heavy atom. The van der Waals surface area contributed by atoms with Gasteiger partial charge in [0.25, 0.3) is 5.91 Å². The van der Waals surface area contributed by atoms with Crippen LogP contribution in [0.2, 0.25) is 0 Å². The summed E-state index contributed by atoms with van der Waals surface area (Å²) < 4.78 is 13.7. The Kier molecular flexibility index (Phi) is 8.73. The summed E-state index contributed by atoms with van der Waals surface area (Å²) in [5.41, 5.74) is -0.0674. The summed E-state index contributed by atoms with van der Waals surface area (Å²) in [6.07, 6.45) is 2.91. The van der Waals surface area contributed by atoms with Gasteiger partial charge in [0.15, 0.2) is 5.13 Å². The lowest BCUT2D eigenvalue weighted by atomic mass is 10.3. The van der Waals surface area contributed by atoms with Gasteiger partial charge in [-0.2, -0.15) is 0 Å². The fourth-order valence-electron chi connectivity index (χ4n) is 3.30. The van der Waals surface area contributed by atoms with Crippen molar-refractivity contribution >= 4 is 45.6 Å². The number of aryl methyl sites for hydroxylation is 1. The van der Waals surface area contributed by atoms with Crippen LogP contribution in [-0.4, -0.2) is 70.2 Å². The van der Waals surface area contributed by atoms with Crippen LogP contribution in [0.3, 0.4) is 0 Å². The average Bonchev–Trinajstić information content (AvgIpc) is 3.25.